The molecule has 0 atom stereocenters. The Morgan fingerprint density at radius 2 is 1.95 bits per heavy atom. The lowest BCUT2D eigenvalue weighted by atomic mass is 10.1. The smallest absolute Gasteiger partial charge is 0.122 e. The van der Waals surface area contributed by atoms with Crippen LogP contribution in [0.1, 0.15) is 35.6 Å². The second kappa shape index (κ2) is 8.42. The number of halogens is 1. The second-order valence-electron chi connectivity index (χ2n) is 4.94. The van der Waals surface area contributed by atoms with Crippen LogP contribution in [0, 0.1) is 0 Å². The molecular weight excluding hydrogens is 302 g/mol. The van der Waals surface area contributed by atoms with Gasteiger partial charge in [0, 0.05) is 21.3 Å². The highest BCUT2D eigenvalue weighted by Gasteiger charge is 2.04. The van der Waals surface area contributed by atoms with Gasteiger partial charge in [-0.3, -0.25) is 0 Å². The molecule has 0 saturated heterocycles. The third-order valence-electron chi connectivity index (χ3n) is 3.22. The molecule has 2 nitrogen and oxygen atoms in total. The molecule has 0 aliphatic rings. The highest BCUT2D eigenvalue weighted by Crippen LogP contribution is 2.24. The van der Waals surface area contributed by atoms with Gasteiger partial charge in [0.15, 0.2) is 0 Å². The van der Waals surface area contributed by atoms with Gasteiger partial charge in [0.05, 0.1) is 0 Å². The van der Waals surface area contributed by atoms with Crippen molar-refractivity contribution in [1.82, 2.24) is 5.32 Å². The van der Waals surface area contributed by atoms with Crippen molar-refractivity contribution in [2.75, 3.05) is 6.54 Å². The monoisotopic (exact) mass is 323 g/mol. The van der Waals surface area contributed by atoms with E-state index in [0.29, 0.717) is 6.61 Å². The second-order valence-corrected chi connectivity index (χ2v) is 6.60. The van der Waals surface area contributed by atoms with E-state index in [1.807, 2.05) is 18.2 Å². The maximum atomic E-state index is 6.12. The summed E-state index contributed by atoms with van der Waals surface area (Å²) in [6.07, 6.45) is 2.08. The Bertz CT molecular complexity index is 568. The van der Waals surface area contributed by atoms with Crippen LogP contribution in [0.5, 0.6) is 5.75 Å². The van der Waals surface area contributed by atoms with Crippen LogP contribution in [0.3, 0.4) is 0 Å². The maximum Gasteiger partial charge on any atom is 0.122 e. The van der Waals surface area contributed by atoms with Crippen LogP contribution in [0.25, 0.3) is 0 Å². The highest BCUT2D eigenvalue weighted by molar-refractivity contribution is 7.11. The van der Waals surface area contributed by atoms with Gasteiger partial charge in [0.2, 0.25) is 0 Å². The molecule has 0 aliphatic heterocycles. The zero-order valence-electron chi connectivity index (χ0n) is 12.6. The summed E-state index contributed by atoms with van der Waals surface area (Å²) in [7, 11) is 0. The molecule has 2 aromatic rings. The summed E-state index contributed by atoms with van der Waals surface area (Å²) >= 11 is 7.92. The molecule has 0 aliphatic carbocycles. The SMILES string of the molecule is CCCNCc1ccc(COc2ccc(Cl)c(CC)c2)s1. The van der Waals surface area contributed by atoms with E-state index in [1.165, 1.54) is 9.75 Å². The number of nitrogens with one attached hydrogen (secondary N) is 1. The molecule has 0 spiro atoms. The fourth-order valence-electron chi connectivity index (χ4n) is 2.05. The van der Waals surface area contributed by atoms with Crippen LogP contribution in [0.2, 0.25) is 5.02 Å². The van der Waals surface area contributed by atoms with E-state index >= 15 is 0 Å². The predicted molar refractivity (Wildman–Crippen MR) is 91.5 cm³/mol. The summed E-state index contributed by atoms with van der Waals surface area (Å²) in [6.45, 7) is 6.90. The quantitative estimate of drug-likeness (QED) is 0.687. The van der Waals surface area contributed by atoms with E-state index in [4.69, 9.17) is 16.3 Å². The van der Waals surface area contributed by atoms with Crippen molar-refractivity contribution < 1.29 is 4.74 Å². The van der Waals surface area contributed by atoms with Crippen molar-refractivity contribution in [3.8, 4) is 5.75 Å². The van der Waals surface area contributed by atoms with Gasteiger partial charge in [-0.25, -0.2) is 0 Å². The van der Waals surface area contributed by atoms with Gasteiger partial charge in [0.25, 0.3) is 0 Å². The molecule has 114 valence electrons. The minimum absolute atomic E-state index is 0.614. The topological polar surface area (TPSA) is 21.3 Å². The molecule has 0 amide bonds. The number of hydrogen-bond acceptors (Lipinski definition) is 3. The van der Waals surface area contributed by atoms with Crippen molar-refractivity contribution >= 4 is 22.9 Å². The van der Waals surface area contributed by atoms with Crippen molar-refractivity contribution in [3.63, 3.8) is 0 Å². The summed E-state index contributed by atoms with van der Waals surface area (Å²) in [5, 5.41) is 4.23. The van der Waals surface area contributed by atoms with Gasteiger partial charge in [-0.15, -0.1) is 11.3 Å². The van der Waals surface area contributed by atoms with Crippen LogP contribution >= 0.6 is 22.9 Å². The van der Waals surface area contributed by atoms with Crippen LogP contribution < -0.4 is 10.1 Å². The first kappa shape index (κ1) is 16.3. The highest BCUT2D eigenvalue weighted by atomic mass is 35.5. The van der Waals surface area contributed by atoms with Gasteiger partial charge in [-0.1, -0.05) is 25.4 Å². The lowest BCUT2D eigenvalue weighted by Crippen LogP contribution is -2.12. The van der Waals surface area contributed by atoms with E-state index in [-0.39, 0.29) is 0 Å². The third-order valence-corrected chi connectivity index (χ3v) is 4.65. The molecule has 1 aromatic heterocycles. The van der Waals surface area contributed by atoms with Crippen LogP contribution in [0.4, 0.5) is 0 Å². The molecule has 0 unspecified atom stereocenters. The Kier molecular flexibility index (Phi) is 6.55. The largest absolute Gasteiger partial charge is 0.488 e. The molecule has 2 rings (SSSR count). The predicted octanol–water partition coefficient (Wildman–Crippen LogP) is 5.04. The summed E-state index contributed by atoms with van der Waals surface area (Å²) < 4.78 is 5.86. The van der Waals surface area contributed by atoms with Gasteiger partial charge in [-0.2, -0.15) is 0 Å². The van der Waals surface area contributed by atoms with Crippen molar-refractivity contribution in [1.29, 1.82) is 0 Å². The number of rotatable bonds is 8. The van der Waals surface area contributed by atoms with Crippen molar-refractivity contribution in [2.24, 2.45) is 0 Å². The standard InChI is InChI=1S/C17H22ClNOS/c1-3-9-19-11-15-6-7-16(21-15)12-20-14-5-8-17(18)13(4-2)10-14/h5-8,10,19H,3-4,9,11-12H2,1-2H3. The first-order valence-electron chi connectivity index (χ1n) is 7.42. The van der Waals surface area contributed by atoms with E-state index in [1.54, 1.807) is 11.3 Å². The van der Waals surface area contributed by atoms with Crippen molar-refractivity contribution in [3.05, 3.63) is 50.7 Å². The lowest BCUT2D eigenvalue weighted by Gasteiger charge is -2.07. The molecule has 4 heteroatoms. The number of thiophene rings is 1. The average Bonchev–Trinajstić information content (AvgIpc) is 2.94. The summed E-state index contributed by atoms with van der Waals surface area (Å²) in [5.74, 6) is 0.885. The van der Waals surface area contributed by atoms with Crippen LogP contribution in [-0.2, 0) is 19.6 Å². The molecule has 1 N–H and O–H groups in total. The minimum atomic E-state index is 0.614. The number of benzene rings is 1. The van der Waals surface area contributed by atoms with Gasteiger partial charge < -0.3 is 10.1 Å². The van der Waals surface area contributed by atoms with Crippen LogP contribution in [0.15, 0.2) is 30.3 Å². The Labute approximate surface area is 136 Å². The number of hydrogen-bond donors (Lipinski definition) is 1. The maximum absolute atomic E-state index is 6.12. The number of aryl methyl sites for hydroxylation is 1. The van der Waals surface area contributed by atoms with E-state index in [9.17, 15) is 0 Å². The van der Waals surface area contributed by atoms with Gasteiger partial charge in [0.1, 0.15) is 12.4 Å². The Hall–Kier alpha value is -1.03. The van der Waals surface area contributed by atoms with E-state index in [2.05, 4.69) is 31.3 Å². The first-order valence-corrected chi connectivity index (χ1v) is 8.62. The van der Waals surface area contributed by atoms with Crippen LogP contribution in [-0.4, -0.2) is 6.54 Å². The molecule has 0 radical (unpaired) electrons. The Morgan fingerprint density at radius 1 is 1.14 bits per heavy atom. The zero-order valence-corrected chi connectivity index (χ0v) is 14.2. The fraction of sp³-hybridized carbons (Fsp3) is 0.412. The molecule has 0 fully saturated rings. The number of ether oxygens (including phenoxy) is 1. The first-order chi connectivity index (χ1) is 10.2. The van der Waals surface area contributed by atoms with E-state index < -0.39 is 0 Å². The van der Waals surface area contributed by atoms with E-state index in [0.717, 1.165) is 42.3 Å². The molecule has 1 heterocycles. The third kappa shape index (κ3) is 5.03. The molecular formula is C17H22ClNOS. The Morgan fingerprint density at radius 3 is 2.71 bits per heavy atom. The van der Waals surface area contributed by atoms with Gasteiger partial charge >= 0.3 is 0 Å². The molecule has 21 heavy (non-hydrogen) atoms. The molecule has 0 bridgehead atoms. The fourth-order valence-corrected chi connectivity index (χ4v) is 3.20. The minimum Gasteiger partial charge on any atom is -0.488 e. The normalized spacial score (nSPS) is 10.8. The summed E-state index contributed by atoms with van der Waals surface area (Å²) in [6, 6.07) is 10.2. The molecule has 0 saturated carbocycles. The summed E-state index contributed by atoms with van der Waals surface area (Å²) in [5.41, 5.74) is 1.13. The zero-order chi connectivity index (χ0) is 15.1. The van der Waals surface area contributed by atoms with Gasteiger partial charge in [-0.05, 0) is 55.3 Å². The average molecular weight is 324 g/mol. The van der Waals surface area contributed by atoms with Crippen molar-refractivity contribution in [2.45, 2.75) is 39.8 Å². The Balaban J connectivity index is 1.88. The lowest BCUT2D eigenvalue weighted by molar-refractivity contribution is 0.309. The summed E-state index contributed by atoms with van der Waals surface area (Å²) in [4.78, 5) is 2.60. The molecule has 1 aromatic carbocycles.